The Morgan fingerprint density at radius 1 is 1.10 bits per heavy atom. The molecule has 2 rings (SSSR count). The second-order valence-electron chi connectivity index (χ2n) is 4.42. The molecule has 0 heterocycles. The molecule has 1 unspecified atom stereocenters. The van der Waals surface area contributed by atoms with Gasteiger partial charge in [-0.3, -0.25) is 10.1 Å². The SMILES string of the molecule is NC(=O)CNC(c1ccc(O)cc1)c1ccc(Cl)cc1. The fraction of sp³-hybridized carbons (Fsp3) is 0.133. The number of carbonyl (C=O) groups is 1. The van der Waals surface area contributed by atoms with Gasteiger partial charge in [-0.05, 0) is 35.4 Å². The van der Waals surface area contributed by atoms with Crippen molar-refractivity contribution in [2.45, 2.75) is 6.04 Å². The molecule has 20 heavy (non-hydrogen) atoms. The Labute approximate surface area is 122 Å². The monoisotopic (exact) mass is 290 g/mol. The number of carbonyl (C=O) groups excluding carboxylic acids is 1. The number of nitrogens with one attached hydrogen (secondary N) is 1. The smallest absolute Gasteiger partial charge is 0.231 e. The van der Waals surface area contributed by atoms with Gasteiger partial charge in [0.1, 0.15) is 5.75 Å². The maximum atomic E-state index is 11.0. The van der Waals surface area contributed by atoms with Crippen molar-refractivity contribution in [1.82, 2.24) is 5.32 Å². The van der Waals surface area contributed by atoms with Gasteiger partial charge < -0.3 is 10.8 Å². The van der Waals surface area contributed by atoms with E-state index >= 15 is 0 Å². The first-order valence-corrected chi connectivity index (χ1v) is 6.50. The van der Waals surface area contributed by atoms with Crippen LogP contribution in [0.1, 0.15) is 17.2 Å². The number of primary amides is 1. The van der Waals surface area contributed by atoms with E-state index in [2.05, 4.69) is 5.32 Å². The Kier molecular flexibility index (Phi) is 4.61. The van der Waals surface area contributed by atoms with Gasteiger partial charge in [0.25, 0.3) is 0 Å². The van der Waals surface area contributed by atoms with Crippen molar-refractivity contribution in [2.24, 2.45) is 5.73 Å². The molecule has 4 N–H and O–H groups in total. The Balaban J connectivity index is 2.30. The number of halogens is 1. The lowest BCUT2D eigenvalue weighted by atomic mass is 9.98. The van der Waals surface area contributed by atoms with Gasteiger partial charge >= 0.3 is 0 Å². The Morgan fingerprint density at radius 2 is 1.60 bits per heavy atom. The molecule has 0 aliphatic heterocycles. The third kappa shape index (κ3) is 3.73. The zero-order valence-electron chi connectivity index (χ0n) is 10.7. The molecule has 2 aromatic carbocycles. The average Bonchev–Trinajstić information content (AvgIpc) is 2.42. The number of benzene rings is 2. The summed E-state index contributed by atoms with van der Waals surface area (Å²) in [7, 11) is 0. The summed E-state index contributed by atoms with van der Waals surface area (Å²) >= 11 is 5.88. The molecule has 0 aliphatic rings. The molecule has 104 valence electrons. The third-order valence-electron chi connectivity index (χ3n) is 2.91. The summed E-state index contributed by atoms with van der Waals surface area (Å²) < 4.78 is 0. The maximum absolute atomic E-state index is 11.0. The lowest BCUT2D eigenvalue weighted by Gasteiger charge is -2.19. The van der Waals surface area contributed by atoms with Crippen molar-refractivity contribution in [2.75, 3.05) is 6.54 Å². The number of amides is 1. The van der Waals surface area contributed by atoms with E-state index in [4.69, 9.17) is 17.3 Å². The zero-order valence-corrected chi connectivity index (χ0v) is 11.5. The van der Waals surface area contributed by atoms with Gasteiger partial charge in [-0.15, -0.1) is 0 Å². The molecule has 0 bridgehead atoms. The summed E-state index contributed by atoms with van der Waals surface area (Å²) in [6, 6.07) is 13.9. The number of aromatic hydroxyl groups is 1. The highest BCUT2D eigenvalue weighted by molar-refractivity contribution is 6.30. The second kappa shape index (κ2) is 6.41. The summed E-state index contributed by atoms with van der Waals surface area (Å²) in [6.45, 7) is 0.0637. The summed E-state index contributed by atoms with van der Waals surface area (Å²) in [5.74, 6) is -0.235. The highest BCUT2D eigenvalue weighted by atomic mass is 35.5. The minimum absolute atomic E-state index is 0.0637. The van der Waals surface area contributed by atoms with E-state index < -0.39 is 5.91 Å². The summed E-state index contributed by atoms with van der Waals surface area (Å²) in [4.78, 5) is 11.0. The van der Waals surface area contributed by atoms with Crippen molar-refractivity contribution < 1.29 is 9.90 Å². The van der Waals surface area contributed by atoms with Crippen LogP contribution >= 0.6 is 11.6 Å². The van der Waals surface area contributed by atoms with Crippen LogP contribution in [-0.4, -0.2) is 17.6 Å². The van der Waals surface area contributed by atoms with Gasteiger partial charge in [0, 0.05) is 5.02 Å². The molecule has 0 fully saturated rings. The van der Waals surface area contributed by atoms with Crippen LogP contribution in [0.3, 0.4) is 0 Å². The first kappa shape index (κ1) is 14.4. The second-order valence-corrected chi connectivity index (χ2v) is 4.86. The maximum Gasteiger partial charge on any atom is 0.231 e. The molecule has 1 amide bonds. The van der Waals surface area contributed by atoms with Crippen LogP contribution in [-0.2, 0) is 4.79 Å². The van der Waals surface area contributed by atoms with Gasteiger partial charge in [-0.25, -0.2) is 0 Å². The Bertz CT molecular complexity index is 536. The fourth-order valence-electron chi connectivity index (χ4n) is 1.95. The number of hydrogen-bond donors (Lipinski definition) is 3. The summed E-state index contributed by atoms with van der Waals surface area (Å²) in [6.07, 6.45) is 0. The van der Waals surface area contributed by atoms with Gasteiger partial charge in [-0.2, -0.15) is 0 Å². The molecule has 4 nitrogen and oxygen atoms in total. The van der Waals surface area contributed by atoms with Gasteiger partial charge in [0.2, 0.25) is 5.91 Å². The molecule has 0 spiro atoms. The molecule has 1 atom stereocenters. The predicted octanol–water partition coefficient (Wildman–Crippen LogP) is 2.21. The third-order valence-corrected chi connectivity index (χ3v) is 3.16. The van der Waals surface area contributed by atoms with Crippen molar-refractivity contribution in [3.8, 4) is 5.75 Å². The zero-order chi connectivity index (χ0) is 14.5. The molecular formula is C15H15ClN2O2. The van der Waals surface area contributed by atoms with Crippen LogP contribution in [0.25, 0.3) is 0 Å². The number of phenolic OH excluding ortho intramolecular Hbond substituents is 1. The molecule has 0 saturated heterocycles. The van der Waals surface area contributed by atoms with Crippen molar-refractivity contribution in [3.63, 3.8) is 0 Å². The van der Waals surface area contributed by atoms with Crippen LogP contribution in [0.4, 0.5) is 0 Å². The standard InChI is InChI=1S/C15H15ClN2O2/c16-12-5-1-10(2-6-12)15(18-9-14(17)20)11-3-7-13(19)8-4-11/h1-8,15,18-19H,9H2,(H2,17,20). The first-order valence-electron chi connectivity index (χ1n) is 6.12. The molecule has 5 heteroatoms. The predicted molar refractivity (Wildman–Crippen MR) is 78.6 cm³/mol. The molecule has 2 aromatic rings. The number of hydrogen-bond acceptors (Lipinski definition) is 3. The lowest BCUT2D eigenvalue weighted by molar-refractivity contribution is -0.117. The van der Waals surface area contributed by atoms with Crippen LogP contribution < -0.4 is 11.1 Å². The first-order chi connectivity index (χ1) is 9.56. The van der Waals surface area contributed by atoms with E-state index in [0.29, 0.717) is 5.02 Å². The Morgan fingerprint density at radius 3 is 2.10 bits per heavy atom. The van der Waals surface area contributed by atoms with E-state index in [0.717, 1.165) is 11.1 Å². The van der Waals surface area contributed by atoms with E-state index in [9.17, 15) is 9.90 Å². The molecular weight excluding hydrogens is 276 g/mol. The van der Waals surface area contributed by atoms with Gasteiger partial charge in [0.05, 0.1) is 12.6 Å². The minimum atomic E-state index is -0.428. The van der Waals surface area contributed by atoms with Crippen molar-refractivity contribution >= 4 is 17.5 Å². The molecule has 0 radical (unpaired) electrons. The van der Waals surface area contributed by atoms with E-state index in [1.807, 2.05) is 12.1 Å². The van der Waals surface area contributed by atoms with Crippen LogP contribution in [0.2, 0.25) is 5.02 Å². The van der Waals surface area contributed by atoms with E-state index in [-0.39, 0.29) is 18.3 Å². The number of phenols is 1. The number of nitrogens with two attached hydrogens (primary N) is 1. The number of rotatable bonds is 5. The van der Waals surface area contributed by atoms with Gasteiger partial charge in [0.15, 0.2) is 0 Å². The molecule has 0 aromatic heterocycles. The summed E-state index contributed by atoms with van der Waals surface area (Å²) in [5.41, 5.74) is 7.06. The highest BCUT2D eigenvalue weighted by Crippen LogP contribution is 2.24. The van der Waals surface area contributed by atoms with Crippen LogP contribution in [0.5, 0.6) is 5.75 Å². The normalized spacial score (nSPS) is 12.1. The minimum Gasteiger partial charge on any atom is -0.508 e. The lowest BCUT2D eigenvalue weighted by Crippen LogP contribution is -2.32. The highest BCUT2D eigenvalue weighted by Gasteiger charge is 2.14. The van der Waals surface area contributed by atoms with Crippen LogP contribution in [0.15, 0.2) is 48.5 Å². The van der Waals surface area contributed by atoms with E-state index in [1.165, 1.54) is 0 Å². The van der Waals surface area contributed by atoms with Gasteiger partial charge in [-0.1, -0.05) is 35.9 Å². The quantitative estimate of drug-likeness (QED) is 0.790. The van der Waals surface area contributed by atoms with Crippen molar-refractivity contribution in [1.29, 1.82) is 0 Å². The topological polar surface area (TPSA) is 75.4 Å². The molecule has 0 aliphatic carbocycles. The van der Waals surface area contributed by atoms with Crippen LogP contribution in [0, 0.1) is 0 Å². The Hall–Kier alpha value is -2.04. The average molecular weight is 291 g/mol. The summed E-state index contributed by atoms with van der Waals surface area (Å²) in [5, 5.41) is 13.1. The molecule has 0 saturated carbocycles. The van der Waals surface area contributed by atoms with E-state index in [1.54, 1.807) is 36.4 Å². The van der Waals surface area contributed by atoms with Crippen molar-refractivity contribution in [3.05, 3.63) is 64.7 Å². The fourth-order valence-corrected chi connectivity index (χ4v) is 2.08. The largest absolute Gasteiger partial charge is 0.508 e.